The third-order valence-electron chi connectivity index (χ3n) is 7.16. The molecule has 0 radical (unpaired) electrons. The number of halogens is 3. The van der Waals surface area contributed by atoms with Gasteiger partial charge in [-0.3, -0.25) is 9.79 Å². The molecular formula is C30H34BrCl2N3O4S. The average molecular weight is 683 g/mol. The summed E-state index contributed by atoms with van der Waals surface area (Å²) >= 11 is 13.6. The van der Waals surface area contributed by atoms with E-state index >= 15 is 0 Å². The van der Waals surface area contributed by atoms with Gasteiger partial charge < -0.3 is 15.1 Å². The van der Waals surface area contributed by atoms with E-state index in [0.717, 1.165) is 49.4 Å². The van der Waals surface area contributed by atoms with E-state index in [9.17, 15) is 19.8 Å². The zero-order valence-corrected chi connectivity index (χ0v) is 27.2. The van der Waals surface area contributed by atoms with Crippen molar-refractivity contribution in [3.8, 4) is 0 Å². The van der Waals surface area contributed by atoms with Crippen molar-refractivity contribution in [1.29, 1.82) is 0 Å². The molecular weight excluding hydrogens is 649 g/mol. The van der Waals surface area contributed by atoms with Crippen LogP contribution in [0, 0.1) is 5.41 Å². The minimum Gasteiger partial charge on any atom is -0.481 e. The van der Waals surface area contributed by atoms with E-state index in [-0.39, 0.29) is 39.8 Å². The summed E-state index contributed by atoms with van der Waals surface area (Å²) in [7, 11) is 0. The van der Waals surface area contributed by atoms with Crippen molar-refractivity contribution in [2.75, 3.05) is 10.7 Å². The second kappa shape index (κ2) is 13.8. The van der Waals surface area contributed by atoms with Crippen LogP contribution < -0.4 is 4.90 Å². The first-order valence-corrected chi connectivity index (χ1v) is 14.9. The summed E-state index contributed by atoms with van der Waals surface area (Å²) < 4.78 is 0. The predicted octanol–water partition coefficient (Wildman–Crippen LogP) is 8.49. The molecule has 1 unspecified atom stereocenters. The van der Waals surface area contributed by atoms with Crippen molar-refractivity contribution in [2.45, 2.75) is 64.5 Å². The minimum atomic E-state index is -1.02. The number of aliphatic imine (C=N–C) groups is 2. The maximum absolute atomic E-state index is 11.8. The Morgan fingerprint density at radius 1 is 1.12 bits per heavy atom. The van der Waals surface area contributed by atoms with Crippen LogP contribution in [0.2, 0.25) is 10.0 Å². The number of anilines is 1. The van der Waals surface area contributed by atoms with Crippen molar-refractivity contribution in [1.82, 2.24) is 0 Å². The van der Waals surface area contributed by atoms with E-state index < -0.39 is 17.5 Å². The molecule has 0 saturated heterocycles. The summed E-state index contributed by atoms with van der Waals surface area (Å²) in [5.41, 5.74) is 0.781. The minimum absolute atomic E-state index is 0. The first-order valence-electron chi connectivity index (χ1n) is 13.2. The van der Waals surface area contributed by atoms with E-state index in [1.165, 1.54) is 0 Å². The third-order valence-corrected chi connectivity index (χ3v) is 8.65. The van der Waals surface area contributed by atoms with Gasteiger partial charge in [0.2, 0.25) is 0 Å². The van der Waals surface area contributed by atoms with Crippen LogP contribution in [0.15, 0.2) is 58.5 Å². The molecule has 1 atom stereocenters. The highest BCUT2D eigenvalue weighted by Crippen LogP contribution is 2.45. The smallest absolute Gasteiger partial charge is 0.335 e. The molecule has 1 saturated carbocycles. The Labute approximate surface area is 265 Å². The molecule has 1 spiro atoms. The molecule has 2 aromatic carbocycles. The number of benzene rings is 2. The van der Waals surface area contributed by atoms with Crippen LogP contribution in [0.1, 0.15) is 68.8 Å². The Hall–Kier alpha value is -2.33. The second-order valence-electron chi connectivity index (χ2n) is 11.1. The maximum Gasteiger partial charge on any atom is 0.335 e. The average Bonchev–Trinajstić information content (AvgIpc) is 3.17. The number of aliphatic carboxylic acids is 1. The van der Waals surface area contributed by atoms with E-state index in [4.69, 9.17) is 33.2 Å². The van der Waals surface area contributed by atoms with Gasteiger partial charge in [0.25, 0.3) is 0 Å². The number of nitrogens with zero attached hydrogens (tertiary/aromatic N) is 3. The van der Waals surface area contributed by atoms with Crippen molar-refractivity contribution in [3.05, 3.63) is 69.7 Å². The monoisotopic (exact) mass is 681 g/mol. The van der Waals surface area contributed by atoms with Crippen LogP contribution in [-0.4, -0.2) is 50.5 Å². The molecule has 1 heterocycles. The Bertz CT molecular complexity index is 1380. The second-order valence-corrected chi connectivity index (χ2v) is 12.9. The molecule has 0 amide bonds. The topological polar surface area (TPSA) is 103 Å². The van der Waals surface area contributed by atoms with Crippen LogP contribution >= 0.6 is 51.9 Å². The number of thioether (sulfide) groups is 1. The number of carboxylic acids is 2. The Balaban J connectivity index is 0.00000462. The predicted molar refractivity (Wildman–Crippen MR) is 176 cm³/mol. The number of amidine groups is 2. The third kappa shape index (κ3) is 7.74. The first kappa shape index (κ1) is 33.2. The van der Waals surface area contributed by atoms with Gasteiger partial charge in [-0.1, -0.05) is 99.3 Å². The largest absolute Gasteiger partial charge is 0.481 e. The Morgan fingerprint density at radius 2 is 1.83 bits per heavy atom. The summed E-state index contributed by atoms with van der Waals surface area (Å²) in [6.07, 6.45) is 8.49. The zero-order valence-electron chi connectivity index (χ0n) is 23.1. The van der Waals surface area contributed by atoms with Crippen molar-refractivity contribution >= 4 is 86.7 Å². The lowest BCUT2D eigenvalue weighted by molar-refractivity contribution is -0.133. The highest BCUT2D eigenvalue weighted by molar-refractivity contribution is 8.93. The van der Waals surface area contributed by atoms with Crippen molar-refractivity contribution in [2.24, 2.45) is 15.4 Å². The number of carbonyl (C=O) groups is 2. The first-order chi connectivity index (χ1) is 18.9. The fourth-order valence-electron chi connectivity index (χ4n) is 5.11. The normalized spacial score (nSPS) is 18.4. The lowest BCUT2D eigenvalue weighted by Crippen LogP contribution is -2.53. The lowest BCUT2D eigenvalue weighted by atomic mass is 9.79. The number of hydrogen-bond donors (Lipinski definition) is 2. The molecule has 7 nitrogen and oxygen atoms in total. The molecule has 1 aliphatic carbocycles. The molecule has 2 aliphatic rings. The molecule has 0 bridgehead atoms. The summed E-state index contributed by atoms with van der Waals surface area (Å²) in [6.45, 7) is 6.32. The molecule has 2 aromatic rings. The zero-order chi connectivity index (χ0) is 29.1. The highest BCUT2D eigenvalue weighted by atomic mass is 79.9. The van der Waals surface area contributed by atoms with Crippen molar-refractivity contribution < 1.29 is 19.8 Å². The van der Waals surface area contributed by atoms with Gasteiger partial charge >= 0.3 is 11.9 Å². The number of hydrogen-bond acceptors (Lipinski definition) is 5. The maximum atomic E-state index is 11.8. The van der Waals surface area contributed by atoms with Crippen LogP contribution in [0.25, 0.3) is 6.08 Å². The molecule has 0 aromatic heterocycles. The van der Waals surface area contributed by atoms with Gasteiger partial charge in [0.1, 0.15) is 5.54 Å². The van der Waals surface area contributed by atoms with E-state index in [2.05, 4.69) is 20.8 Å². The van der Waals surface area contributed by atoms with Crippen LogP contribution in [0.3, 0.4) is 0 Å². The van der Waals surface area contributed by atoms with E-state index in [0.29, 0.717) is 26.7 Å². The van der Waals surface area contributed by atoms with Crippen molar-refractivity contribution in [3.63, 3.8) is 0 Å². The van der Waals surface area contributed by atoms with Gasteiger partial charge in [0.05, 0.1) is 17.4 Å². The molecule has 1 aliphatic heterocycles. The van der Waals surface area contributed by atoms with Gasteiger partial charge in [-0.05, 0) is 54.2 Å². The molecule has 220 valence electrons. The fraction of sp³-hybridized carbons (Fsp3) is 0.400. The Kier molecular flexibility index (Phi) is 11.1. The van der Waals surface area contributed by atoms with Gasteiger partial charge in [-0.15, -0.1) is 17.0 Å². The summed E-state index contributed by atoms with van der Waals surface area (Å²) in [5, 5.41) is 20.7. The number of rotatable bonds is 7. The molecule has 41 heavy (non-hydrogen) atoms. The van der Waals surface area contributed by atoms with E-state index in [1.54, 1.807) is 30.3 Å². The fourth-order valence-corrected chi connectivity index (χ4v) is 6.39. The summed E-state index contributed by atoms with van der Waals surface area (Å²) in [4.78, 5) is 35.6. The Morgan fingerprint density at radius 3 is 2.44 bits per heavy atom. The van der Waals surface area contributed by atoms with Crippen LogP contribution in [0.5, 0.6) is 0 Å². The number of aromatic carboxylic acids is 1. The number of carboxylic acid groups (broad SMARTS) is 2. The molecule has 11 heteroatoms. The van der Waals surface area contributed by atoms with Gasteiger partial charge in [0.15, 0.2) is 11.0 Å². The highest BCUT2D eigenvalue weighted by Gasteiger charge is 2.50. The van der Waals surface area contributed by atoms with Gasteiger partial charge in [-0.25, -0.2) is 9.79 Å². The molecule has 4 rings (SSSR count). The van der Waals surface area contributed by atoms with Crippen LogP contribution in [0.4, 0.5) is 5.69 Å². The van der Waals surface area contributed by atoms with Crippen LogP contribution in [-0.2, 0) is 4.79 Å². The summed E-state index contributed by atoms with van der Waals surface area (Å²) in [6, 6.07) is 11.8. The standard InChI is InChI=1S/C30H33Cl2N3O4S.BrH/c1-29(2,3)24(13-11-19-10-12-21(31)17-23(19)32)33-27-30(14-5-4-6-15-30)35(28(34-27)40-18-25(36)37)22-9-7-8-20(16-22)26(38)39;/h7-13,16-17,24H,4-6,14-15,18H2,1-3H3,(H,36,37)(H,38,39);1H/b13-11+,33-27?;. The molecule has 1 fully saturated rings. The molecule has 2 N–H and O–H groups in total. The van der Waals surface area contributed by atoms with E-state index in [1.807, 2.05) is 29.2 Å². The lowest BCUT2D eigenvalue weighted by Gasteiger charge is -2.43. The van der Waals surface area contributed by atoms with Gasteiger partial charge in [-0.2, -0.15) is 0 Å². The van der Waals surface area contributed by atoms with Gasteiger partial charge in [0, 0.05) is 15.7 Å². The SMILES string of the molecule is Br.CC(C)(C)C(/C=C/c1ccc(Cl)cc1Cl)N=C1N=C(SCC(=O)O)N(c2cccc(C(=O)O)c2)C12CCCCC2. The quantitative estimate of drug-likeness (QED) is 0.304. The summed E-state index contributed by atoms with van der Waals surface area (Å²) in [5.74, 6) is -1.50.